The molecule has 0 saturated carbocycles. The molecule has 0 saturated heterocycles. The van der Waals surface area contributed by atoms with Crippen molar-refractivity contribution in [1.82, 2.24) is 5.32 Å². The second-order valence-electron chi connectivity index (χ2n) is 9.53. The van der Waals surface area contributed by atoms with E-state index in [2.05, 4.69) is 5.32 Å². The Morgan fingerprint density at radius 1 is 0.889 bits per heavy atom. The number of carbonyl (C=O) groups excluding carboxylic acids is 1. The average molecular weight is 512 g/mol. The first-order chi connectivity index (χ1) is 16.8. The highest BCUT2D eigenvalue weighted by atomic mass is 35.5. The second kappa shape index (κ2) is 14.6. The molecule has 3 aromatic carbocycles. The molecule has 0 aliphatic carbocycles. The minimum Gasteiger partial charge on any atom is -0.490 e. The van der Waals surface area contributed by atoms with E-state index < -0.39 is 6.10 Å². The van der Waals surface area contributed by atoms with Crippen molar-refractivity contribution in [1.29, 1.82) is 0 Å². The molecule has 0 spiro atoms. The minimum absolute atomic E-state index is 0. The molecule has 0 aromatic heterocycles. The van der Waals surface area contributed by atoms with Gasteiger partial charge in [0.15, 0.2) is 5.78 Å². The second-order valence-corrected chi connectivity index (χ2v) is 9.53. The first kappa shape index (κ1) is 29.4. The number of carbonyl (C=O) groups is 1. The van der Waals surface area contributed by atoms with E-state index >= 15 is 0 Å². The minimum atomic E-state index is -0.698. The van der Waals surface area contributed by atoms with Crippen molar-refractivity contribution in [3.63, 3.8) is 0 Å². The van der Waals surface area contributed by atoms with Crippen molar-refractivity contribution in [3.05, 3.63) is 95.6 Å². The number of benzene rings is 3. The third-order valence-electron chi connectivity index (χ3n) is 5.50. The molecule has 1 atom stereocenters. The van der Waals surface area contributed by atoms with E-state index in [1.54, 1.807) is 12.1 Å². The zero-order valence-corrected chi connectivity index (χ0v) is 22.3. The van der Waals surface area contributed by atoms with E-state index in [1.165, 1.54) is 0 Å². The number of aliphatic hydroxyl groups is 1. The number of ether oxygens (including phenoxy) is 2. The molecule has 0 heterocycles. The van der Waals surface area contributed by atoms with Gasteiger partial charge in [-0.2, -0.15) is 0 Å². The normalized spacial score (nSPS) is 11.9. The van der Waals surface area contributed by atoms with Gasteiger partial charge in [-0.15, -0.1) is 12.4 Å². The summed E-state index contributed by atoms with van der Waals surface area (Å²) in [5.74, 6) is 1.26. The van der Waals surface area contributed by atoms with Crippen LogP contribution < -0.4 is 14.8 Å². The molecular formula is C30H38ClNO4. The molecule has 0 fully saturated rings. The summed E-state index contributed by atoms with van der Waals surface area (Å²) in [7, 11) is 0. The highest BCUT2D eigenvalue weighted by Crippen LogP contribution is 2.33. The molecule has 0 radical (unpaired) electrons. The van der Waals surface area contributed by atoms with Crippen LogP contribution in [0.3, 0.4) is 0 Å². The van der Waals surface area contributed by atoms with E-state index in [9.17, 15) is 9.90 Å². The topological polar surface area (TPSA) is 67.8 Å². The lowest BCUT2D eigenvalue weighted by Gasteiger charge is -2.22. The molecule has 5 nitrogen and oxygen atoms in total. The SMILES string of the molecule is CC(C)CC(=O)c1ccc(OC(c2ccccc2)c2ccccc2)cc1OCC(O)CNC(C)C.Cl. The van der Waals surface area contributed by atoms with Crippen LogP contribution in [-0.4, -0.2) is 36.2 Å². The van der Waals surface area contributed by atoms with Crippen LogP contribution in [0.25, 0.3) is 0 Å². The fraction of sp³-hybridized carbons (Fsp3) is 0.367. The molecule has 0 amide bonds. The molecule has 36 heavy (non-hydrogen) atoms. The van der Waals surface area contributed by atoms with Crippen molar-refractivity contribution >= 4 is 18.2 Å². The highest BCUT2D eigenvalue weighted by Gasteiger charge is 2.20. The fourth-order valence-electron chi connectivity index (χ4n) is 3.74. The van der Waals surface area contributed by atoms with Crippen molar-refractivity contribution in [3.8, 4) is 11.5 Å². The van der Waals surface area contributed by atoms with E-state index in [0.29, 0.717) is 30.0 Å². The Morgan fingerprint density at radius 3 is 2.00 bits per heavy atom. The number of Topliss-reactive ketones (excluding diaryl/α,β-unsaturated/α-hetero) is 1. The smallest absolute Gasteiger partial charge is 0.166 e. The van der Waals surface area contributed by atoms with Crippen LogP contribution in [0.4, 0.5) is 0 Å². The first-order valence-electron chi connectivity index (χ1n) is 12.3. The monoisotopic (exact) mass is 511 g/mol. The number of hydrogen-bond donors (Lipinski definition) is 2. The summed E-state index contributed by atoms with van der Waals surface area (Å²) in [5.41, 5.74) is 2.55. The van der Waals surface area contributed by atoms with E-state index in [1.807, 2.05) is 94.4 Å². The van der Waals surface area contributed by atoms with E-state index in [-0.39, 0.29) is 42.9 Å². The summed E-state index contributed by atoms with van der Waals surface area (Å²) in [6.45, 7) is 8.56. The van der Waals surface area contributed by atoms with E-state index in [0.717, 1.165) is 11.1 Å². The summed E-state index contributed by atoms with van der Waals surface area (Å²) in [5, 5.41) is 13.5. The van der Waals surface area contributed by atoms with Crippen molar-refractivity contribution in [2.45, 2.75) is 52.4 Å². The van der Waals surface area contributed by atoms with Gasteiger partial charge in [0.2, 0.25) is 0 Å². The summed E-state index contributed by atoms with van der Waals surface area (Å²) in [4.78, 5) is 12.9. The third-order valence-corrected chi connectivity index (χ3v) is 5.50. The van der Waals surface area contributed by atoms with Crippen molar-refractivity contribution in [2.75, 3.05) is 13.2 Å². The Labute approximate surface area is 221 Å². The maximum Gasteiger partial charge on any atom is 0.166 e. The molecule has 6 heteroatoms. The summed E-state index contributed by atoms with van der Waals surface area (Å²) < 4.78 is 12.4. The van der Waals surface area contributed by atoms with Gasteiger partial charge in [-0.3, -0.25) is 4.79 Å². The van der Waals surface area contributed by atoms with Crippen LogP contribution in [-0.2, 0) is 0 Å². The zero-order valence-electron chi connectivity index (χ0n) is 21.5. The number of rotatable bonds is 13. The van der Waals surface area contributed by atoms with Gasteiger partial charge in [0.05, 0.1) is 5.56 Å². The maximum absolute atomic E-state index is 12.9. The van der Waals surface area contributed by atoms with Crippen LogP contribution in [0.1, 0.15) is 61.7 Å². The predicted molar refractivity (Wildman–Crippen MR) is 147 cm³/mol. The number of ketones is 1. The lowest BCUT2D eigenvalue weighted by atomic mass is 10.00. The molecule has 0 aliphatic rings. The molecule has 194 valence electrons. The van der Waals surface area contributed by atoms with Crippen molar-refractivity contribution < 1.29 is 19.4 Å². The van der Waals surface area contributed by atoms with Crippen LogP contribution in [0.5, 0.6) is 11.5 Å². The Morgan fingerprint density at radius 2 is 1.47 bits per heavy atom. The molecule has 3 rings (SSSR count). The van der Waals surface area contributed by atoms with Gasteiger partial charge < -0.3 is 19.9 Å². The number of aliphatic hydroxyl groups excluding tert-OH is 1. The van der Waals surface area contributed by atoms with Crippen LogP contribution >= 0.6 is 12.4 Å². The van der Waals surface area contributed by atoms with Gasteiger partial charge in [0.25, 0.3) is 0 Å². The van der Waals surface area contributed by atoms with Crippen LogP contribution in [0, 0.1) is 5.92 Å². The molecule has 2 N–H and O–H groups in total. The third kappa shape index (κ3) is 8.98. The van der Waals surface area contributed by atoms with Gasteiger partial charge >= 0.3 is 0 Å². The molecule has 0 bridgehead atoms. The van der Waals surface area contributed by atoms with Gasteiger partial charge in [-0.05, 0) is 29.2 Å². The van der Waals surface area contributed by atoms with Crippen LogP contribution in [0.2, 0.25) is 0 Å². The zero-order chi connectivity index (χ0) is 25.2. The first-order valence-corrected chi connectivity index (χ1v) is 12.3. The van der Waals surface area contributed by atoms with Gasteiger partial charge in [0, 0.05) is 25.1 Å². The molecule has 3 aromatic rings. The van der Waals surface area contributed by atoms with Gasteiger partial charge in [-0.25, -0.2) is 0 Å². The molecular weight excluding hydrogens is 474 g/mol. The van der Waals surface area contributed by atoms with Crippen LogP contribution in [0.15, 0.2) is 78.9 Å². The Balaban J connectivity index is 0.00000456. The van der Waals surface area contributed by atoms with Gasteiger partial charge in [-0.1, -0.05) is 88.4 Å². The standard InChI is InChI=1S/C30H37NO4.ClH/c1-21(2)17-28(33)27-16-15-26(18-29(27)34-20-25(32)19-31-22(3)4)35-30(23-11-7-5-8-12-23)24-13-9-6-10-14-24;/h5-16,18,21-22,25,30-32H,17,19-20H2,1-4H3;1H. The lowest BCUT2D eigenvalue weighted by Crippen LogP contribution is -2.35. The quantitative estimate of drug-likeness (QED) is 0.266. The molecule has 0 aliphatic heterocycles. The Bertz CT molecular complexity index is 1020. The largest absolute Gasteiger partial charge is 0.490 e. The maximum atomic E-state index is 12.9. The average Bonchev–Trinajstić information content (AvgIpc) is 2.85. The van der Waals surface area contributed by atoms with Gasteiger partial charge in [0.1, 0.15) is 30.3 Å². The Kier molecular flexibility index (Phi) is 11.9. The highest BCUT2D eigenvalue weighted by molar-refractivity contribution is 5.99. The Hall–Kier alpha value is -2.86. The summed E-state index contributed by atoms with van der Waals surface area (Å²) in [6.07, 6.45) is -0.593. The summed E-state index contributed by atoms with van der Waals surface area (Å²) >= 11 is 0. The van der Waals surface area contributed by atoms with Crippen molar-refractivity contribution in [2.24, 2.45) is 5.92 Å². The number of halogens is 1. The van der Waals surface area contributed by atoms with E-state index in [4.69, 9.17) is 9.47 Å². The summed E-state index contributed by atoms with van der Waals surface area (Å²) in [6, 6.07) is 25.7. The number of nitrogens with one attached hydrogen (secondary N) is 1. The lowest BCUT2D eigenvalue weighted by molar-refractivity contribution is 0.0933. The number of hydrogen-bond acceptors (Lipinski definition) is 5. The molecule has 1 unspecified atom stereocenters. The fourth-order valence-corrected chi connectivity index (χ4v) is 3.74. The predicted octanol–water partition coefficient (Wildman–Crippen LogP) is 6.24.